The molecule has 0 amide bonds. The maximum atomic E-state index is 13.8. The maximum Gasteiger partial charge on any atom is 0.416 e. The highest BCUT2D eigenvalue weighted by molar-refractivity contribution is 5.80. The first-order valence-electron chi connectivity index (χ1n) is 6.13. The van der Waals surface area contributed by atoms with E-state index < -0.39 is 23.5 Å². The van der Waals surface area contributed by atoms with E-state index in [0.29, 0.717) is 5.52 Å². The van der Waals surface area contributed by atoms with E-state index in [2.05, 4.69) is 9.97 Å². The van der Waals surface area contributed by atoms with Crippen molar-refractivity contribution < 1.29 is 22.0 Å². The van der Waals surface area contributed by atoms with E-state index in [-0.39, 0.29) is 17.0 Å². The number of pyridine rings is 1. The highest BCUT2D eigenvalue weighted by Crippen LogP contribution is 2.32. The molecule has 0 saturated carbocycles. The molecule has 8 heteroatoms. The van der Waals surface area contributed by atoms with Gasteiger partial charge in [-0.25, -0.2) is 14.4 Å². The summed E-state index contributed by atoms with van der Waals surface area (Å²) in [5.41, 5.74) is -0.837. The number of hydrogen-bond acceptors (Lipinski definition) is 2. The van der Waals surface area contributed by atoms with Gasteiger partial charge in [0.2, 0.25) is 5.95 Å². The molecule has 2 heterocycles. The molecule has 0 atom stereocenters. The number of alkyl halides is 3. The minimum atomic E-state index is -4.51. The fraction of sp³-hybridized carbons (Fsp3) is 0.143. The highest BCUT2D eigenvalue weighted by atomic mass is 19.4. The summed E-state index contributed by atoms with van der Waals surface area (Å²) in [6, 6.07) is 4.73. The Morgan fingerprint density at radius 1 is 1.00 bits per heavy atom. The van der Waals surface area contributed by atoms with Crippen LogP contribution < -0.4 is 0 Å². The Labute approximate surface area is 121 Å². The smallest absolute Gasteiger partial charge is 0.326 e. The molecule has 1 aromatic carbocycles. The Bertz CT molecular complexity index is 867. The third-order valence-electron chi connectivity index (χ3n) is 3.23. The molecule has 0 unspecified atom stereocenters. The van der Waals surface area contributed by atoms with Gasteiger partial charge in [0.15, 0.2) is 11.6 Å². The Morgan fingerprint density at radius 2 is 1.73 bits per heavy atom. The number of aryl methyl sites for hydroxylation is 1. The average molecular weight is 313 g/mol. The van der Waals surface area contributed by atoms with E-state index in [4.69, 9.17) is 0 Å². The number of benzene rings is 1. The lowest BCUT2D eigenvalue weighted by atomic mass is 10.2. The van der Waals surface area contributed by atoms with Crippen molar-refractivity contribution in [3.05, 3.63) is 47.7 Å². The molecule has 0 radical (unpaired) electrons. The van der Waals surface area contributed by atoms with E-state index in [0.717, 1.165) is 24.3 Å². The van der Waals surface area contributed by atoms with Crippen molar-refractivity contribution in [2.45, 2.75) is 6.18 Å². The molecule has 0 aliphatic rings. The molecule has 2 aromatic heterocycles. The van der Waals surface area contributed by atoms with Crippen LogP contribution in [0.1, 0.15) is 5.56 Å². The van der Waals surface area contributed by atoms with Gasteiger partial charge in [0.25, 0.3) is 0 Å². The molecule has 22 heavy (non-hydrogen) atoms. The summed E-state index contributed by atoms with van der Waals surface area (Å²) in [5.74, 6) is -1.76. The molecular formula is C14H8F5N3. The highest BCUT2D eigenvalue weighted by Gasteiger charge is 2.31. The maximum absolute atomic E-state index is 13.8. The normalized spacial score (nSPS) is 12.1. The van der Waals surface area contributed by atoms with E-state index in [9.17, 15) is 22.0 Å². The molecule has 0 spiro atoms. The van der Waals surface area contributed by atoms with Gasteiger partial charge >= 0.3 is 6.18 Å². The minimum absolute atomic E-state index is 0.0257. The van der Waals surface area contributed by atoms with Crippen LogP contribution in [0, 0.1) is 11.8 Å². The van der Waals surface area contributed by atoms with Crippen LogP contribution in [0.25, 0.3) is 22.6 Å². The lowest BCUT2D eigenvalue weighted by Gasteiger charge is -2.06. The fourth-order valence-corrected chi connectivity index (χ4v) is 2.16. The molecule has 3 rings (SSSR count). The summed E-state index contributed by atoms with van der Waals surface area (Å²) in [5, 5.41) is 0. The van der Waals surface area contributed by atoms with Gasteiger partial charge in [-0.1, -0.05) is 0 Å². The minimum Gasteiger partial charge on any atom is -0.326 e. The Morgan fingerprint density at radius 3 is 2.41 bits per heavy atom. The molecule has 0 fully saturated rings. The largest absolute Gasteiger partial charge is 0.416 e. The SMILES string of the molecule is Cn1c(-c2nc(F)ccc2F)nc2cc(C(F)(F)F)ccc21. The topological polar surface area (TPSA) is 30.7 Å². The van der Waals surface area contributed by atoms with E-state index in [1.54, 1.807) is 0 Å². The number of aromatic nitrogens is 3. The molecule has 0 bridgehead atoms. The third-order valence-corrected chi connectivity index (χ3v) is 3.23. The van der Waals surface area contributed by atoms with Crippen molar-refractivity contribution in [1.82, 2.24) is 14.5 Å². The van der Waals surface area contributed by atoms with Crippen LogP contribution in [0.15, 0.2) is 30.3 Å². The zero-order chi connectivity index (χ0) is 16.1. The second kappa shape index (κ2) is 4.75. The van der Waals surface area contributed by atoms with Crippen molar-refractivity contribution in [1.29, 1.82) is 0 Å². The van der Waals surface area contributed by atoms with E-state index in [1.165, 1.54) is 17.7 Å². The van der Waals surface area contributed by atoms with Gasteiger partial charge in [-0.15, -0.1) is 0 Å². The Kier molecular flexibility index (Phi) is 3.12. The summed E-state index contributed by atoms with van der Waals surface area (Å²) < 4.78 is 66.4. The van der Waals surface area contributed by atoms with Gasteiger partial charge < -0.3 is 4.57 Å². The Balaban J connectivity index is 2.24. The standard InChI is InChI=1S/C14H8F5N3/c1-22-10-4-2-7(14(17,18)19)6-9(10)20-13(22)12-8(15)3-5-11(16)21-12/h2-6H,1H3. The number of rotatable bonds is 1. The van der Waals surface area contributed by atoms with E-state index >= 15 is 0 Å². The molecule has 0 N–H and O–H groups in total. The molecule has 0 aliphatic heterocycles. The van der Waals surface area contributed by atoms with Gasteiger partial charge in [-0.2, -0.15) is 17.6 Å². The number of imidazole rings is 1. The van der Waals surface area contributed by atoms with Crippen molar-refractivity contribution >= 4 is 11.0 Å². The Hall–Kier alpha value is -2.51. The second-order valence-electron chi connectivity index (χ2n) is 4.66. The van der Waals surface area contributed by atoms with Crippen molar-refractivity contribution in [2.24, 2.45) is 7.05 Å². The molecule has 3 nitrogen and oxygen atoms in total. The number of hydrogen-bond donors (Lipinski definition) is 0. The van der Waals surface area contributed by atoms with Gasteiger partial charge in [-0.05, 0) is 30.3 Å². The van der Waals surface area contributed by atoms with Crippen LogP contribution in [0.4, 0.5) is 22.0 Å². The second-order valence-corrected chi connectivity index (χ2v) is 4.66. The van der Waals surface area contributed by atoms with Gasteiger partial charge in [0, 0.05) is 7.05 Å². The molecule has 0 saturated heterocycles. The summed E-state index contributed by atoms with van der Waals surface area (Å²) in [4.78, 5) is 7.38. The molecule has 114 valence electrons. The van der Waals surface area contributed by atoms with Crippen molar-refractivity contribution in [3.8, 4) is 11.5 Å². The predicted octanol–water partition coefficient (Wildman–Crippen LogP) is 3.93. The van der Waals surface area contributed by atoms with Crippen LogP contribution in [0.3, 0.4) is 0 Å². The summed E-state index contributed by atoms with van der Waals surface area (Å²) >= 11 is 0. The van der Waals surface area contributed by atoms with Crippen LogP contribution in [-0.4, -0.2) is 14.5 Å². The first-order valence-corrected chi connectivity index (χ1v) is 6.13. The monoisotopic (exact) mass is 313 g/mol. The first kappa shape index (κ1) is 14.4. The molecule has 0 aliphatic carbocycles. The fourth-order valence-electron chi connectivity index (χ4n) is 2.16. The van der Waals surface area contributed by atoms with Crippen LogP contribution in [-0.2, 0) is 13.2 Å². The van der Waals surface area contributed by atoms with Crippen LogP contribution >= 0.6 is 0 Å². The molecular weight excluding hydrogens is 305 g/mol. The van der Waals surface area contributed by atoms with Crippen LogP contribution in [0.2, 0.25) is 0 Å². The van der Waals surface area contributed by atoms with Gasteiger partial charge in [0.05, 0.1) is 16.6 Å². The summed E-state index contributed by atoms with van der Waals surface area (Å²) in [6.07, 6.45) is -4.51. The molecule has 3 aromatic rings. The van der Waals surface area contributed by atoms with E-state index in [1.807, 2.05) is 0 Å². The lowest BCUT2D eigenvalue weighted by molar-refractivity contribution is -0.137. The summed E-state index contributed by atoms with van der Waals surface area (Å²) in [6.45, 7) is 0. The number of fused-ring (bicyclic) bond motifs is 1. The summed E-state index contributed by atoms with van der Waals surface area (Å²) in [7, 11) is 1.49. The van der Waals surface area contributed by atoms with Crippen LogP contribution in [0.5, 0.6) is 0 Å². The van der Waals surface area contributed by atoms with Crippen molar-refractivity contribution in [3.63, 3.8) is 0 Å². The average Bonchev–Trinajstić information content (AvgIpc) is 2.77. The first-order chi connectivity index (χ1) is 10.3. The zero-order valence-electron chi connectivity index (χ0n) is 11.1. The van der Waals surface area contributed by atoms with Gasteiger partial charge in [-0.3, -0.25) is 0 Å². The predicted molar refractivity (Wildman–Crippen MR) is 68.9 cm³/mol. The quantitative estimate of drug-likeness (QED) is 0.503. The zero-order valence-corrected chi connectivity index (χ0v) is 11.1. The third kappa shape index (κ3) is 2.30. The number of nitrogens with zero attached hydrogens (tertiary/aromatic N) is 3. The van der Waals surface area contributed by atoms with Gasteiger partial charge in [0.1, 0.15) is 5.69 Å². The van der Waals surface area contributed by atoms with Crippen molar-refractivity contribution in [2.75, 3.05) is 0 Å². The lowest BCUT2D eigenvalue weighted by Crippen LogP contribution is -2.04. The number of halogens is 5.